The van der Waals surface area contributed by atoms with Crippen LogP contribution in [-0.4, -0.2) is 25.0 Å². The summed E-state index contributed by atoms with van der Waals surface area (Å²) < 4.78 is 5.21. The predicted octanol–water partition coefficient (Wildman–Crippen LogP) is 4.98. The molecule has 1 saturated heterocycles. The molecule has 2 aromatic rings. The molecule has 0 aromatic heterocycles. The Hall–Kier alpha value is -2.25. The second kappa shape index (κ2) is 8.01. The van der Waals surface area contributed by atoms with Crippen LogP contribution in [0.5, 0.6) is 5.75 Å². The van der Waals surface area contributed by atoms with Gasteiger partial charge in [0.25, 0.3) is 11.8 Å². The van der Waals surface area contributed by atoms with Crippen molar-refractivity contribution in [3.8, 4) is 5.75 Å². The van der Waals surface area contributed by atoms with Gasteiger partial charge >= 0.3 is 6.03 Å². The number of benzene rings is 2. The van der Waals surface area contributed by atoms with E-state index >= 15 is 0 Å². The average Bonchev–Trinajstić information content (AvgIpc) is 2.61. The van der Waals surface area contributed by atoms with Gasteiger partial charge in [-0.3, -0.25) is 14.9 Å². The molecule has 0 unspecified atom stereocenters. The van der Waals surface area contributed by atoms with Gasteiger partial charge in [0.2, 0.25) is 0 Å². The van der Waals surface area contributed by atoms with Crippen LogP contribution in [0.15, 0.2) is 35.9 Å². The zero-order chi connectivity index (χ0) is 20.6. The van der Waals surface area contributed by atoms with E-state index in [1.54, 1.807) is 0 Å². The molecule has 1 fully saturated rings. The molecule has 0 aliphatic carbocycles. The van der Waals surface area contributed by atoms with Gasteiger partial charge in [-0.1, -0.05) is 46.4 Å². The van der Waals surface area contributed by atoms with Gasteiger partial charge in [0.05, 0.1) is 27.9 Å². The molecule has 3 rings (SSSR count). The molecule has 6 nitrogen and oxygen atoms in total. The Labute approximate surface area is 179 Å². The number of carbonyl (C=O) groups is 3. The van der Waals surface area contributed by atoms with Gasteiger partial charge in [0.15, 0.2) is 0 Å². The summed E-state index contributed by atoms with van der Waals surface area (Å²) in [7, 11) is 1.38. The molecule has 2 aromatic carbocycles. The molecule has 144 valence electrons. The summed E-state index contributed by atoms with van der Waals surface area (Å²) in [4.78, 5) is 38.2. The molecule has 28 heavy (non-hydrogen) atoms. The Bertz CT molecular complexity index is 1050. The third kappa shape index (κ3) is 3.82. The van der Waals surface area contributed by atoms with E-state index in [0.717, 1.165) is 4.90 Å². The fraction of sp³-hybridized carbons (Fsp3) is 0.0556. The fourth-order valence-electron chi connectivity index (χ4n) is 2.57. The lowest BCUT2D eigenvalue weighted by Gasteiger charge is -2.26. The third-order valence-electron chi connectivity index (χ3n) is 3.80. The van der Waals surface area contributed by atoms with Gasteiger partial charge in [-0.05, 0) is 36.4 Å². The van der Waals surface area contributed by atoms with Crippen molar-refractivity contribution >= 4 is 76.0 Å². The van der Waals surface area contributed by atoms with Gasteiger partial charge < -0.3 is 4.74 Å². The lowest BCUT2D eigenvalue weighted by molar-refractivity contribution is -0.122. The Morgan fingerprint density at radius 3 is 2.32 bits per heavy atom. The molecule has 0 bridgehead atoms. The highest BCUT2D eigenvalue weighted by Gasteiger charge is 2.37. The number of nitrogens with one attached hydrogen (secondary N) is 1. The highest BCUT2D eigenvalue weighted by atomic mass is 35.5. The van der Waals surface area contributed by atoms with E-state index in [9.17, 15) is 14.4 Å². The number of carbonyl (C=O) groups excluding carboxylic acids is 3. The van der Waals surface area contributed by atoms with E-state index in [2.05, 4.69) is 5.32 Å². The standard InChI is InChI=1S/C18H10Cl4N2O4/c1-28-15-8(4-9(19)6-14(15)22)5-11-16(25)23-18(27)24(17(11)26)10-2-3-12(20)13(21)7-10/h2-7H,1H3,(H,23,25,27)/b11-5+. The highest BCUT2D eigenvalue weighted by molar-refractivity contribution is 6.43. The number of barbiturate groups is 1. The number of hydrogen-bond acceptors (Lipinski definition) is 4. The van der Waals surface area contributed by atoms with Crippen LogP contribution in [0.1, 0.15) is 5.56 Å². The minimum absolute atomic E-state index is 0.144. The van der Waals surface area contributed by atoms with Gasteiger partial charge in [-0.15, -0.1) is 0 Å². The smallest absolute Gasteiger partial charge is 0.335 e. The number of urea groups is 1. The van der Waals surface area contributed by atoms with Crippen LogP contribution in [0, 0.1) is 0 Å². The minimum Gasteiger partial charge on any atom is -0.495 e. The second-order valence-electron chi connectivity index (χ2n) is 5.57. The highest BCUT2D eigenvalue weighted by Crippen LogP contribution is 2.35. The number of ether oxygens (including phenoxy) is 1. The third-order valence-corrected chi connectivity index (χ3v) is 5.04. The molecule has 0 spiro atoms. The molecule has 0 radical (unpaired) electrons. The van der Waals surface area contributed by atoms with Crippen molar-refractivity contribution in [1.82, 2.24) is 5.32 Å². The van der Waals surface area contributed by atoms with Crippen LogP contribution in [0.3, 0.4) is 0 Å². The molecule has 0 saturated carbocycles. The average molecular weight is 460 g/mol. The first-order valence-electron chi connectivity index (χ1n) is 7.62. The number of amides is 4. The Morgan fingerprint density at radius 1 is 0.964 bits per heavy atom. The van der Waals surface area contributed by atoms with Crippen LogP contribution >= 0.6 is 46.4 Å². The zero-order valence-corrected chi connectivity index (χ0v) is 17.1. The van der Waals surface area contributed by atoms with E-state index in [1.807, 2.05) is 0 Å². The van der Waals surface area contributed by atoms with E-state index in [0.29, 0.717) is 5.56 Å². The van der Waals surface area contributed by atoms with Crippen LogP contribution < -0.4 is 15.0 Å². The number of anilines is 1. The van der Waals surface area contributed by atoms with Crippen molar-refractivity contribution in [2.24, 2.45) is 0 Å². The molecule has 4 amide bonds. The first kappa shape index (κ1) is 20.5. The van der Waals surface area contributed by atoms with E-state index in [4.69, 9.17) is 51.1 Å². The monoisotopic (exact) mass is 458 g/mol. The summed E-state index contributed by atoms with van der Waals surface area (Å²) in [6.45, 7) is 0. The Morgan fingerprint density at radius 2 is 1.68 bits per heavy atom. The fourth-order valence-corrected chi connectivity index (χ4v) is 3.45. The lowest BCUT2D eigenvalue weighted by Crippen LogP contribution is -2.54. The van der Waals surface area contributed by atoms with Crippen molar-refractivity contribution < 1.29 is 19.1 Å². The van der Waals surface area contributed by atoms with E-state index in [-0.39, 0.29) is 37.1 Å². The molecular formula is C18H10Cl4N2O4. The topological polar surface area (TPSA) is 75.7 Å². The largest absolute Gasteiger partial charge is 0.495 e. The maximum absolute atomic E-state index is 12.9. The van der Waals surface area contributed by atoms with Crippen molar-refractivity contribution in [2.75, 3.05) is 12.0 Å². The quantitative estimate of drug-likeness (QED) is 0.519. The summed E-state index contributed by atoms with van der Waals surface area (Å²) in [6.07, 6.45) is 1.24. The molecule has 1 aliphatic heterocycles. The number of rotatable bonds is 3. The summed E-state index contributed by atoms with van der Waals surface area (Å²) in [5.41, 5.74) is 0.121. The summed E-state index contributed by atoms with van der Waals surface area (Å²) in [5.74, 6) is -1.51. The van der Waals surface area contributed by atoms with Crippen LogP contribution in [0.25, 0.3) is 6.08 Å². The van der Waals surface area contributed by atoms with Gasteiger partial charge in [0.1, 0.15) is 11.3 Å². The number of methoxy groups -OCH3 is 1. The number of halogens is 4. The molecular weight excluding hydrogens is 450 g/mol. The first-order valence-corrected chi connectivity index (χ1v) is 9.13. The second-order valence-corrected chi connectivity index (χ2v) is 7.22. The molecule has 1 heterocycles. The van der Waals surface area contributed by atoms with Crippen LogP contribution in [0.2, 0.25) is 20.1 Å². The van der Waals surface area contributed by atoms with Crippen LogP contribution in [-0.2, 0) is 9.59 Å². The van der Waals surface area contributed by atoms with Crippen molar-refractivity contribution in [3.63, 3.8) is 0 Å². The Balaban J connectivity index is 2.10. The maximum atomic E-state index is 12.9. The molecule has 0 atom stereocenters. The summed E-state index contributed by atoms with van der Waals surface area (Å²) in [6, 6.07) is 6.21. The van der Waals surface area contributed by atoms with Gasteiger partial charge in [-0.25, -0.2) is 9.69 Å². The zero-order valence-electron chi connectivity index (χ0n) is 14.1. The van der Waals surface area contributed by atoms with Crippen LogP contribution in [0.4, 0.5) is 10.5 Å². The normalized spacial score (nSPS) is 15.8. The minimum atomic E-state index is -0.915. The summed E-state index contributed by atoms with van der Waals surface area (Å²) in [5, 5.41) is 2.97. The Kier molecular flexibility index (Phi) is 5.86. The number of nitrogens with zero attached hydrogens (tertiary/aromatic N) is 1. The molecule has 1 aliphatic rings. The van der Waals surface area contributed by atoms with Crippen molar-refractivity contribution in [3.05, 3.63) is 61.6 Å². The van der Waals surface area contributed by atoms with Crippen molar-refractivity contribution in [2.45, 2.75) is 0 Å². The molecule has 10 heteroatoms. The number of imide groups is 2. The first-order chi connectivity index (χ1) is 13.2. The summed E-state index contributed by atoms with van der Waals surface area (Å²) >= 11 is 23.9. The van der Waals surface area contributed by atoms with Crippen molar-refractivity contribution in [1.29, 1.82) is 0 Å². The number of hydrogen-bond donors (Lipinski definition) is 1. The van der Waals surface area contributed by atoms with E-state index in [1.165, 1.54) is 43.5 Å². The van der Waals surface area contributed by atoms with Gasteiger partial charge in [0, 0.05) is 10.6 Å². The van der Waals surface area contributed by atoms with Gasteiger partial charge in [-0.2, -0.15) is 0 Å². The lowest BCUT2D eigenvalue weighted by atomic mass is 10.1. The SMILES string of the molecule is COc1c(Cl)cc(Cl)cc1/C=C1\C(=O)NC(=O)N(c2ccc(Cl)c(Cl)c2)C1=O. The maximum Gasteiger partial charge on any atom is 0.335 e. The predicted molar refractivity (Wildman–Crippen MR) is 108 cm³/mol. The van der Waals surface area contributed by atoms with E-state index < -0.39 is 17.8 Å². The molecule has 1 N–H and O–H groups in total.